The molecular weight excluding hydrogens is 448 g/mol. The zero-order valence-corrected chi connectivity index (χ0v) is 21.1. The van der Waals surface area contributed by atoms with Gasteiger partial charge in [-0.1, -0.05) is 55.4 Å². The molecule has 4 rings (SSSR count). The Morgan fingerprint density at radius 1 is 1.03 bits per heavy atom. The maximum absolute atomic E-state index is 13.7. The maximum Gasteiger partial charge on any atom is 0.267 e. The minimum atomic E-state index is 0.0193. The van der Waals surface area contributed by atoms with Crippen LogP contribution >= 0.6 is 23.1 Å². The predicted octanol–water partition coefficient (Wildman–Crippen LogP) is 6.83. The first kappa shape index (κ1) is 23.6. The smallest absolute Gasteiger partial charge is 0.267 e. The van der Waals surface area contributed by atoms with Crippen molar-refractivity contribution in [2.75, 3.05) is 12.4 Å². The van der Waals surface area contributed by atoms with Gasteiger partial charge in [0.15, 0.2) is 5.16 Å². The molecular formula is C27H30N2O2S2. The number of hydrogen-bond donors (Lipinski definition) is 0. The lowest BCUT2D eigenvalue weighted by Crippen LogP contribution is -2.21. The van der Waals surface area contributed by atoms with E-state index in [1.807, 2.05) is 37.3 Å². The molecule has 4 aromatic rings. The Bertz CT molecular complexity index is 1260. The van der Waals surface area contributed by atoms with Crippen molar-refractivity contribution in [2.45, 2.75) is 51.6 Å². The van der Waals surface area contributed by atoms with Crippen LogP contribution in [-0.2, 0) is 12.8 Å². The van der Waals surface area contributed by atoms with Crippen LogP contribution in [-0.4, -0.2) is 21.9 Å². The molecule has 4 nitrogen and oxygen atoms in total. The molecule has 0 radical (unpaired) electrons. The van der Waals surface area contributed by atoms with Crippen molar-refractivity contribution < 1.29 is 4.74 Å². The summed E-state index contributed by atoms with van der Waals surface area (Å²) in [5.74, 6) is 1.70. The quantitative estimate of drug-likeness (QED) is 0.142. The maximum atomic E-state index is 13.7. The number of thiophene rings is 1. The number of aromatic nitrogens is 2. The van der Waals surface area contributed by atoms with E-state index >= 15 is 0 Å². The van der Waals surface area contributed by atoms with Crippen molar-refractivity contribution in [3.8, 4) is 11.4 Å². The average Bonchev–Trinajstić information content (AvgIpc) is 3.14. The van der Waals surface area contributed by atoms with Gasteiger partial charge in [0.25, 0.3) is 5.56 Å². The van der Waals surface area contributed by atoms with Crippen LogP contribution in [0.3, 0.4) is 0 Å². The fraction of sp³-hybridized carbons (Fsp3) is 0.333. The van der Waals surface area contributed by atoms with E-state index in [4.69, 9.17) is 9.72 Å². The number of rotatable bonds is 10. The first-order chi connectivity index (χ1) is 16.1. The molecule has 0 fully saturated rings. The van der Waals surface area contributed by atoms with Gasteiger partial charge in [0.2, 0.25) is 0 Å². The molecule has 0 saturated carbocycles. The van der Waals surface area contributed by atoms with Crippen molar-refractivity contribution in [3.63, 3.8) is 0 Å². The van der Waals surface area contributed by atoms with Gasteiger partial charge < -0.3 is 4.74 Å². The Balaban J connectivity index is 1.69. The van der Waals surface area contributed by atoms with Crippen LogP contribution < -0.4 is 10.3 Å². The number of thioether (sulfide) groups is 1. The summed E-state index contributed by atoms with van der Waals surface area (Å²) in [7, 11) is 0. The van der Waals surface area contributed by atoms with Crippen LogP contribution in [0.25, 0.3) is 15.9 Å². The summed E-state index contributed by atoms with van der Waals surface area (Å²) in [5, 5.41) is 1.51. The molecule has 0 spiro atoms. The molecule has 2 aromatic heterocycles. The van der Waals surface area contributed by atoms with E-state index in [-0.39, 0.29) is 5.56 Å². The third-order valence-corrected chi connectivity index (χ3v) is 7.87. The van der Waals surface area contributed by atoms with E-state index < -0.39 is 0 Å². The van der Waals surface area contributed by atoms with E-state index in [2.05, 4.69) is 38.1 Å². The Labute approximate surface area is 203 Å². The SMILES string of the molecule is CCCc1sc2nc(SCCCc3ccccc3)n(-c3ccc(OCC)cc3)c(=O)c2c1C. The second-order valence-electron chi connectivity index (χ2n) is 7.98. The van der Waals surface area contributed by atoms with E-state index in [1.54, 1.807) is 27.7 Å². The number of aryl methyl sites for hydroxylation is 3. The van der Waals surface area contributed by atoms with Gasteiger partial charge >= 0.3 is 0 Å². The Morgan fingerprint density at radius 3 is 2.48 bits per heavy atom. The van der Waals surface area contributed by atoms with Crippen LogP contribution in [0.2, 0.25) is 0 Å². The summed E-state index contributed by atoms with van der Waals surface area (Å²) in [6.45, 7) is 6.81. The largest absolute Gasteiger partial charge is 0.494 e. The second kappa shape index (κ2) is 11.0. The van der Waals surface area contributed by atoms with Crippen LogP contribution in [0.15, 0.2) is 64.5 Å². The zero-order chi connectivity index (χ0) is 23.2. The number of hydrogen-bond acceptors (Lipinski definition) is 5. The van der Waals surface area contributed by atoms with E-state index in [0.29, 0.717) is 6.61 Å². The molecule has 0 aliphatic rings. The summed E-state index contributed by atoms with van der Waals surface area (Å²) in [5.41, 5.74) is 3.26. The topological polar surface area (TPSA) is 44.1 Å². The van der Waals surface area contributed by atoms with Gasteiger partial charge in [-0.2, -0.15) is 0 Å². The van der Waals surface area contributed by atoms with Gasteiger partial charge in [0, 0.05) is 10.6 Å². The second-order valence-corrected chi connectivity index (χ2v) is 10.1. The fourth-order valence-corrected chi connectivity index (χ4v) is 6.21. The first-order valence-electron chi connectivity index (χ1n) is 11.6. The van der Waals surface area contributed by atoms with Gasteiger partial charge in [-0.3, -0.25) is 9.36 Å². The molecule has 0 atom stereocenters. The predicted molar refractivity (Wildman–Crippen MR) is 141 cm³/mol. The number of benzene rings is 2. The minimum absolute atomic E-state index is 0.0193. The van der Waals surface area contributed by atoms with Crippen LogP contribution in [0.5, 0.6) is 5.75 Å². The molecule has 0 unspecified atom stereocenters. The highest BCUT2D eigenvalue weighted by atomic mass is 32.2. The number of fused-ring (bicyclic) bond motifs is 1. The van der Waals surface area contributed by atoms with E-state index in [0.717, 1.165) is 63.8 Å². The van der Waals surface area contributed by atoms with Crippen molar-refractivity contribution in [1.29, 1.82) is 0 Å². The highest BCUT2D eigenvalue weighted by molar-refractivity contribution is 7.99. The van der Waals surface area contributed by atoms with Gasteiger partial charge in [0.05, 0.1) is 17.7 Å². The zero-order valence-electron chi connectivity index (χ0n) is 19.5. The van der Waals surface area contributed by atoms with Crippen molar-refractivity contribution in [2.24, 2.45) is 0 Å². The summed E-state index contributed by atoms with van der Waals surface area (Å²) >= 11 is 3.33. The molecule has 172 valence electrons. The highest BCUT2D eigenvalue weighted by Gasteiger charge is 2.19. The standard InChI is InChI=1S/C27H30N2O2S2/c1-4-10-23-19(3)24-25(33-23)28-27(32-18-9-13-20-11-7-6-8-12-20)29(26(24)30)21-14-16-22(17-15-21)31-5-2/h6-8,11-12,14-17H,4-5,9-10,13,18H2,1-3H3. The molecule has 0 aliphatic carbocycles. The molecule has 0 N–H and O–H groups in total. The summed E-state index contributed by atoms with van der Waals surface area (Å²) < 4.78 is 7.37. The molecule has 2 aromatic carbocycles. The normalized spacial score (nSPS) is 11.2. The van der Waals surface area contributed by atoms with Crippen LogP contribution in [0.4, 0.5) is 0 Å². The summed E-state index contributed by atoms with van der Waals surface area (Å²) in [6.07, 6.45) is 4.08. The molecule has 0 aliphatic heterocycles. The fourth-order valence-electron chi connectivity index (χ4n) is 3.94. The third kappa shape index (κ3) is 5.33. The average molecular weight is 479 g/mol. The third-order valence-electron chi connectivity index (χ3n) is 5.60. The number of nitrogens with zero attached hydrogens (tertiary/aromatic N) is 2. The highest BCUT2D eigenvalue weighted by Crippen LogP contribution is 2.31. The van der Waals surface area contributed by atoms with Crippen LogP contribution in [0.1, 0.15) is 42.7 Å². The van der Waals surface area contributed by atoms with Gasteiger partial charge in [-0.25, -0.2) is 4.98 Å². The van der Waals surface area contributed by atoms with Crippen LogP contribution in [0, 0.1) is 6.92 Å². The molecule has 6 heteroatoms. The number of ether oxygens (including phenoxy) is 1. The monoisotopic (exact) mass is 478 g/mol. The lowest BCUT2D eigenvalue weighted by atomic mass is 10.1. The molecule has 0 amide bonds. The summed E-state index contributed by atoms with van der Waals surface area (Å²) in [6, 6.07) is 18.3. The van der Waals surface area contributed by atoms with Gasteiger partial charge in [-0.05, 0) is 68.5 Å². The molecule has 2 heterocycles. The lowest BCUT2D eigenvalue weighted by Gasteiger charge is -2.13. The minimum Gasteiger partial charge on any atom is -0.494 e. The van der Waals surface area contributed by atoms with E-state index in [9.17, 15) is 4.79 Å². The molecule has 0 saturated heterocycles. The lowest BCUT2D eigenvalue weighted by molar-refractivity contribution is 0.340. The Hall–Kier alpha value is -2.57. The van der Waals surface area contributed by atoms with Crippen molar-refractivity contribution >= 4 is 33.3 Å². The van der Waals surface area contributed by atoms with Gasteiger partial charge in [0.1, 0.15) is 10.6 Å². The van der Waals surface area contributed by atoms with Gasteiger partial charge in [-0.15, -0.1) is 11.3 Å². The first-order valence-corrected chi connectivity index (χ1v) is 13.4. The molecule has 0 bridgehead atoms. The Morgan fingerprint density at radius 2 is 1.79 bits per heavy atom. The Kier molecular flexibility index (Phi) is 7.89. The van der Waals surface area contributed by atoms with Crippen molar-refractivity contribution in [3.05, 3.63) is 81.0 Å². The summed E-state index contributed by atoms with van der Waals surface area (Å²) in [4.78, 5) is 20.9. The molecule has 33 heavy (non-hydrogen) atoms. The van der Waals surface area contributed by atoms with E-state index in [1.165, 1.54) is 10.4 Å². The van der Waals surface area contributed by atoms with Crippen molar-refractivity contribution in [1.82, 2.24) is 9.55 Å².